The van der Waals surface area contributed by atoms with Gasteiger partial charge in [-0.1, -0.05) is 0 Å². The maximum atomic E-state index is 14.8. The van der Waals surface area contributed by atoms with E-state index in [1.54, 1.807) is 20.0 Å². The molecule has 0 radical (unpaired) electrons. The van der Waals surface area contributed by atoms with Crippen LogP contribution < -0.4 is 10.6 Å². The summed E-state index contributed by atoms with van der Waals surface area (Å²) in [6.07, 6.45) is 0. The number of carbonyl (C=O) groups is 1. The SMILES string of the molecule is Cc1cc2c3c(nc(=O)n2C)N2CCN(C)CC2COC(=O)c3c1F. The zero-order valence-electron chi connectivity index (χ0n) is 14.4. The van der Waals surface area contributed by atoms with Crippen molar-refractivity contribution in [3.63, 3.8) is 0 Å². The van der Waals surface area contributed by atoms with Crippen molar-refractivity contribution in [2.24, 2.45) is 7.05 Å². The van der Waals surface area contributed by atoms with Gasteiger partial charge in [-0.2, -0.15) is 4.98 Å². The molecule has 2 aliphatic heterocycles. The van der Waals surface area contributed by atoms with Crippen molar-refractivity contribution in [1.82, 2.24) is 14.5 Å². The van der Waals surface area contributed by atoms with Crippen LogP contribution in [0.2, 0.25) is 0 Å². The Balaban J connectivity index is 2.11. The predicted octanol–water partition coefficient (Wildman–Crippen LogP) is 0.672. The van der Waals surface area contributed by atoms with Crippen LogP contribution in [-0.4, -0.2) is 59.8 Å². The van der Waals surface area contributed by atoms with Crippen molar-refractivity contribution >= 4 is 22.7 Å². The van der Waals surface area contributed by atoms with Crippen LogP contribution in [0.25, 0.3) is 10.9 Å². The van der Waals surface area contributed by atoms with Crippen LogP contribution >= 0.6 is 0 Å². The van der Waals surface area contributed by atoms with Crippen molar-refractivity contribution in [2.75, 3.05) is 38.2 Å². The van der Waals surface area contributed by atoms with Crippen molar-refractivity contribution in [3.8, 4) is 0 Å². The second kappa shape index (κ2) is 5.52. The van der Waals surface area contributed by atoms with E-state index in [2.05, 4.69) is 9.88 Å². The number of ether oxygens (including phenoxy) is 1. The summed E-state index contributed by atoms with van der Waals surface area (Å²) in [7, 11) is 3.56. The van der Waals surface area contributed by atoms with Gasteiger partial charge in [0, 0.05) is 26.7 Å². The van der Waals surface area contributed by atoms with Crippen LogP contribution in [0.5, 0.6) is 0 Å². The Bertz CT molecular complexity index is 955. The number of hydrogen-bond donors (Lipinski definition) is 0. The van der Waals surface area contributed by atoms with Gasteiger partial charge in [0.1, 0.15) is 23.8 Å². The molecule has 0 aliphatic carbocycles. The van der Waals surface area contributed by atoms with Crippen LogP contribution in [0.3, 0.4) is 0 Å². The highest BCUT2D eigenvalue weighted by atomic mass is 19.1. The highest BCUT2D eigenvalue weighted by Crippen LogP contribution is 2.34. The fourth-order valence-electron chi connectivity index (χ4n) is 3.67. The Morgan fingerprint density at radius 3 is 2.80 bits per heavy atom. The maximum absolute atomic E-state index is 14.8. The highest BCUT2D eigenvalue weighted by molar-refractivity contribution is 6.09. The molecule has 1 aromatic heterocycles. The lowest BCUT2D eigenvalue weighted by atomic mass is 10.0. The van der Waals surface area contributed by atoms with Gasteiger partial charge >= 0.3 is 11.7 Å². The van der Waals surface area contributed by atoms with Crippen LogP contribution in [0.15, 0.2) is 10.9 Å². The van der Waals surface area contributed by atoms with E-state index < -0.39 is 17.5 Å². The van der Waals surface area contributed by atoms with Gasteiger partial charge in [-0.25, -0.2) is 14.0 Å². The Morgan fingerprint density at radius 1 is 1.28 bits per heavy atom. The molecule has 1 saturated heterocycles. The number of halogens is 1. The van der Waals surface area contributed by atoms with Gasteiger partial charge in [0.15, 0.2) is 0 Å². The van der Waals surface area contributed by atoms with Gasteiger partial charge in [-0.05, 0) is 25.6 Å². The molecule has 2 aromatic rings. The van der Waals surface area contributed by atoms with E-state index in [0.717, 1.165) is 6.54 Å². The number of piperazine rings is 1. The second-order valence-corrected chi connectivity index (χ2v) is 6.76. The second-order valence-electron chi connectivity index (χ2n) is 6.76. The minimum absolute atomic E-state index is 0.122. The number of hydrogen-bond acceptors (Lipinski definition) is 6. The Hall–Kier alpha value is -2.48. The Kier molecular flexibility index (Phi) is 3.54. The molecule has 8 heteroatoms. The first-order chi connectivity index (χ1) is 11.9. The molecule has 132 valence electrons. The number of aryl methyl sites for hydroxylation is 2. The minimum Gasteiger partial charge on any atom is -0.460 e. The third kappa shape index (κ3) is 2.31. The van der Waals surface area contributed by atoms with Crippen LogP contribution in [0.1, 0.15) is 15.9 Å². The lowest BCUT2D eigenvalue weighted by molar-refractivity contribution is 0.0442. The summed E-state index contributed by atoms with van der Waals surface area (Å²) in [6.45, 7) is 3.79. The molecular weight excluding hydrogens is 327 g/mol. The van der Waals surface area contributed by atoms with Gasteiger partial charge in [-0.15, -0.1) is 0 Å². The smallest absolute Gasteiger partial charge is 0.349 e. The van der Waals surface area contributed by atoms with E-state index in [4.69, 9.17) is 4.74 Å². The molecule has 1 fully saturated rings. The first kappa shape index (κ1) is 16.0. The minimum atomic E-state index is -0.708. The molecule has 0 spiro atoms. The van der Waals surface area contributed by atoms with Crippen LogP contribution in [0, 0.1) is 12.7 Å². The number of fused-ring (bicyclic) bond motifs is 2. The van der Waals surface area contributed by atoms with Crippen molar-refractivity contribution < 1.29 is 13.9 Å². The fourth-order valence-corrected chi connectivity index (χ4v) is 3.67. The summed E-state index contributed by atoms with van der Waals surface area (Å²) < 4.78 is 21.5. The van der Waals surface area contributed by atoms with E-state index in [1.807, 2.05) is 11.9 Å². The normalized spacial score (nSPS) is 20.9. The first-order valence-corrected chi connectivity index (χ1v) is 8.20. The van der Waals surface area contributed by atoms with Gasteiger partial charge in [-0.3, -0.25) is 4.57 Å². The molecule has 0 amide bonds. The van der Waals surface area contributed by atoms with Crippen molar-refractivity contribution in [3.05, 3.63) is 33.5 Å². The molecule has 1 aromatic carbocycles. The molecule has 0 bridgehead atoms. The summed E-state index contributed by atoms with van der Waals surface area (Å²) in [5.74, 6) is -0.950. The number of rotatable bonds is 0. The maximum Gasteiger partial charge on any atom is 0.349 e. The van der Waals surface area contributed by atoms with E-state index in [1.165, 1.54) is 4.57 Å². The topological polar surface area (TPSA) is 67.7 Å². The summed E-state index contributed by atoms with van der Waals surface area (Å²) in [5.41, 5.74) is 0.221. The first-order valence-electron chi connectivity index (χ1n) is 8.20. The molecule has 4 rings (SSSR count). The third-order valence-electron chi connectivity index (χ3n) is 5.07. The van der Waals surface area contributed by atoms with Gasteiger partial charge in [0.2, 0.25) is 0 Å². The van der Waals surface area contributed by atoms with Crippen molar-refractivity contribution in [1.29, 1.82) is 0 Å². The molecule has 0 saturated carbocycles. The molecule has 0 N–H and O–H groups in total. The van der Waals surface area contributed by atoms with Gasteiger partial charge < -0.3 is 14.5 Å². The van der Waals surface area contributed by atoms with E-state index in [0.29, 0.717) is 35.4 Å². The van der Waals surface area contributed by atoms with Gasteiger partial charge in [0.25, 0.3) is 0 Å². The summed E-state index contributed by atoms with van der Waals surface area (Å²) >= 11 is 0. The molecule has 1 atom stereocenters. The zero-order chi connectivity index (χ0) is 17.9. The average Bonchev–Trinajstić information content (AvgIpc) is 2.57. The van der Waals surface area contributed by atoms with E-state index in [-0.39, 0.29) is 18.2 Å². The Labute approximate surface area is 143 Å². The van der Waals surface area contributed by atoms with Gasteiger partial charge in [0.05, 0.1) is 16.9 Å². The average molecular weight is 346 g/mol. The fraction of sp³-hybridized carbons (Fsp3) is 0.471. The lowest BCUT2D eigenvalue weighted by Gasteiger charge is -2.41. The number of esters is 1. The molecule has 1 unspecified atom stereocenters. The Morgan fingerprint density at radius 2 is 2.04 bits per heavy atom. The lowest BCUT2D eigenvalue weighted by Crippen LogP contribution is -2.55. The summed E-state index contributed by atoms with van der Waals surface area (Å²) in [6, 6.07) is 1.46. The van der Waals surface area contributed by atoms with Crippen molar-refractivity contribution in [2.45, 2.75) is 13.0 Å². The number of anilines is 1. The quantitative estimate of drug-likeness (QED) is 0.653. The van der Waals surface area contributed by atoms with Crippen LogP contribution in [0.4, 0.5) is 10.2 Å². The summed E-state index contributed by atoms with van der Waals surface area (Å²) in [4.78, 5) is 33.2. The number of carbonyl (C=O) groups excluding carboxylic acids is 1. The molecule has 2 aliphatic rings. The predicted molar refractivity (Wildman–Crippen MR) is 90.6 cm³/mol. The standard InChI is InChI=1S/C17H19FN4O3/c1-9-6-11-12-13(14(9)18)16(23)25-8-10-7-20(2)4-5-22(10)15(12)19-17(24)21(11)3/h6,10H,4-5,7-8H2,1-3H3. The number of nitrogens with zero attached hydrogens (tertiary/aromatic N) is 4. The van der Waals surface area contributed by atoms with Crippen LogP contribution in [-0.2, 0) is 11.8 Å². The molecule has 7 nitrogen and oxygen atoms in total. The third-order valence-corrected chi connectivity index (χ3v) is 5.07. The molecule has 3 heterocycles. The van der Waals surface area contributed by atoms with E-state index in [9.17, 15) is 14.0 Å². The number of benzene rings is 1. The monoisotopic (exact) mass is 346 g/mol. The number of cyclic esters (lactones) is 1. The molecular formula is C17H19FN4O3. The molecule has 25 heavy (non-hydrogen) atoms. The largest absolute Gasteiger partial charge is 0.460 e. The zero-order valence-corrected chi connectivity index (χ0v) is 14.4. The summed E-state index contributed by atoms with van der Waals surface area (Å²) in [5, 5.41) is 0.351. The highest BCUT2D eigenvalue weighted by Gasteiger charge is 2.35. The number of likely N-dealkylation sites (N-methyl/N-ethyl adjacent to an activating group) is 1. The number of aromatic nitrogens is 2. The van der Waals surface area contributed by atoms with E-state index >= 15 is 0 Å².